The van der Waals surface area contributed by atoms with Crippen molar-refractivity contribution >= 4 is 11.8 Å². The van der Waals surface area contributed by atoms with E-state index in [4.69, 9.17) is 9.47 Å². The molecular weight excluding hydrogens is 445 g/mol. The fourth-order valence-electron chi connectivity index (χ4n) is 2.87. The summed E-state index contributed by atoms with van der Waals surface area (Å²) < 4.78 is 12.9. The Morgan fingerprint density at radius 3 is 2.20 bits per heavy atom. The van der Waals surface area contributed by atoms with Gasteiger partial charge in [0.15, 0.2) is 0 Å². The summed E-state index contributed by atoms with van der Waals surface area (Å²) in [6.07, 6.45) is 0.188. The third-order valence-corrected chi connectivity index (χ3v) is 4.93. The lowest BCUT2D eigenvalue weighted by atomic mass is 10.1. The van der Waals surface area contributed by atoms with Crippen molar-refractivity contribution in [3.8, 4) is 0 Å². The van der Waals surface area contributed by atoms with Gasteiger partial charge in [-0.3, -0.25) is 0 Å². The molecule has 0 spiro atoms. The second-order valence-electron chi connectivity index (χ2n) is 7.24. The van der Waals surface area contributed by atoms with Gasteiger partial charge in [0.25, 0.3) is 0 Å². The van der Waals surface area contributed by atoms with Crippen molar-refractivity contribution in [3.05, 3.63) is 60.2 Å². The largest absolute Gasteiger partial charge is 1.00 e. The van der Waals surface area contributed by atoms with Crippen LogP contribution in [0.1, 0.15) is 11.7 Å². The first kappa shape index (κ1) is 20.7. The van der Waals surface area contributed by atoms with Crippen molar-refractivity contribution in [2.75, 3.05) is 40.9 Å². The van der Waals surface area contributed by atoms with Crippen molar-refractivity contribution < 1.29 is 37.9 Å². The molecule has 0 amide bonds. The fraction of sp³-hybridized carbons (Fsp3) is 0.400. The van der Waals surface area contributed by atoms with Gasteiger partial charge < -0.3 is 37.9 Å². The van der Waals surface area contributed by atoms with Gasteiger partial charge in [0.2, 0.25) is 0 Å². The van der Waals surface area contributed by atoms with E-state index in [1.165, 1.54) is 15.4 Å². The summed E-state index contributed by atoms with van der Waals surface area (Å²) in [6, 6.07) is 19.1. The quantitative estimate of drug-likeness (QED) is 0.479. The molecule has 0 saturated carbocycles. The van der Waals surface area contributed by atoms with Gasteiger partial charge in [0.05, 0.1) is 34.4 Å². The van der Waals surface area contributed by atoms with Crippen molar-refractivity contribution in [2.24, 2.45) is 0 Å². The smallest absolute Gasteiger partial charge is 0.130 e. The Morgan fingerprint density at radius 1 is 0.920 bits per heavy atom. The number of likely N-dealkylation sites (N-methyl/N-ethyl adjacent to an activating group) is 1. The van der Waals surface area contributed by atoms with E-state index < -0.39 is 0 Å². The molecule has 5 heteroatoms. The number of ether oxygens (including phenoxy) is 2. The van der Waals surface area contributed by atoms with Crippen molar-refractivity contribution in [1.82, 2.24) is 0 Å². The molecule has 25 heavy (non-hydrogen) atoms. The predicted octanol–water partition coefficient (Wildman–Crippen LogP) is 1.00. The lowest BCUT2D eigenvalue weighted by molar-refractivity contribution is -0.874. The van der Waals surface area contributed by atoms with E-state index in [1.807, 2.05) is 6.07 Å². The van der Waals surface area contributed by atoms with Gasteiger partial charge in [-0.2, -0.15) is 0 Å². The molecule has 1 saturated heterocycles. The molecule has 1 heterocycles. The molecule has 3 rings (SSSR count). The van der Waals surface area contributed by atoms with E-state index in [2.05, 4.69) is 69.7 Å². The highest BCUT2D eigenvalue weighted by Gasteiger charge is 2.28. The first-order valence-corrected chi connectivity index (χ1v) is 9.18. The molecule has 0 unspecified atom stereocenters. The minimum absolute atomic E-state index is 0. The monoisotopic (exact) mass is 471 g/mol. The second kappa shape index (κ2) is 9.37. The summed E-state index contributed by atoms with van der Waals surface area (Å²) in [4.78, 5) is 2.50. The van der Waals surface area contributed by atoms with Crippen LogP contribution >= 0.6 is 11.8 Å². The molecule has 1 aliphatic heterocycles. The predicted molar refractivity (Wildman–Crippen MR) is 98.3 cm³/mol. The molecule has 1 aliphatic rings. The molecule has 1 fully saturated rings. The number of rotatable bonds is 5. The number of halogens is 1. The molecule has 2 aromatic carbocycles. The highest BCUT2D eigenvalue weighted by Crippen LogP contribution is 2.30. The Bertz CT molecular complexity index is 643. The van der Waals surface area contributed by atoms with Crippen LogP contribution in [0.15, 0.2) is 64.4 Å². The Morgan fingerprint density at radius 2 is 1.56 bits per heavy atom. The highest BCUT2D eigenvalue weighted by atomic mass is 127. The molecule has 0 aromatic heterocycles. The van der Waals surface area contributed by atoms with Crippen LogP contribution < -0.4 is 24.0 Å². The molecule has 2 atom stereocenters. The van der Waals surface area contributed by atoms with Gasteiger partial charge in [-0.25, -0.2) is 0 Å². The normalized spacial score (nSPS) is 20.8. The van der Waals surface area contributed by atoms with E-state index in [1.54, 1.807) is 11.8 Å². The molecule has 2 aromatic rings. The Hall–Kier alpha value is -0.600. The summed E-state index contributed by atoms with van der Waals surface area (Å²) >= 11 is 1.78. The van der Waals surface area contributed by atoms with Gasteiger partial charge in [0, 0.05) is 9.79 Å². The molecule has 0 radical (unpaired) electrons. The zero-order valence-electron chi connectivity index (χ0n) is 15.0. The Kier molecular flexibility index (Phi) is 7.76. The third kappa shape index (κ3) is 6.57. The summed E-state index contributed by atoms with van der Waals surface area (Å²) in [5.74, 6) is 0. The molecule has 0 bridgehead atoms. The Labute approximate surface area is 172 Å². The summed E-state index contributed by atoms with van der Waals surface area (Å²) in [6.45, 7) is 2.28. The van der Waals surface area contributed by atoms with Crippen LogP contribution in [0, 0.1) is 0 Å². The van der Waals surface area contributed by atoms with Crippen molar-refractivity contribution in [2.45, 2.75) is 22.0 Å². The first-order valence-electron chi connectivity index (χ1n) is 8.36. The molecular formula is C20H26INO2S. The maximum atomic E-state index is 6.26. The molecule has 136 valence electrons. The van der Waals surface area contributed by atoms with Crippen LogP contribution in [0.4, 0.5) is 0 Å². The van der Waals surface area contributed by atoms with Crippen LogP contribution in [0.25, 0.3) is 0 Å². The maximum absolute atomic E-state index is 6.26. The Balaban J connectivity index is 0.00000225. The molecule has 0 aliphatic carbocycles. The first-order chi connectivity index (χ1) is 11.5. The van der Waals surface area contributed by atoms with E-state index in [-0.39, 0.29) is 36.2 Å². The average Bonchev–Trinajstić information content (AvgIpc) is 2.55. The van der Waals surface area contributed by atoms with E-state index in [0.29, 0.717) is 13.2 Å². The van der Waals surface area contributed by atoms with Gasteiger partial charge >= 0.3 is 0 Å². The third-order valence-electron chi connectivity index (χ3n) is 3.91. The van der Waals surface area contributed by atoms with Gasteiger partial charge in [-0.15, -0.1) is 0 Å². The lowest BCUT2D eigenvalue weighted by Gasteiger charge is -2.34. The standard InChI is InChI=1S/C20H26NO2S.HI/c1-21(2,3)13-17-14-22-15-20(23-17)16-9-11-19(12-10-16)24-18-7-5-4-6-8-18;/h4-12,17,20H,13-15H2,1-3H3;1H/q+1;/p-1/t17-,20-;/m1./s1. The lowest BCUT2D eigenvalue weighted by Crippen LogP contribution is -3.00. The van der Waals surface area contributed by atoms with Crippen molar-refractivity contribution in [1.29, 1.82) is 0 Å². The minimum atomic E-state index is 0. The van der Waals surface area contributed by atoms with Crippen LogP contribution in [-0.2, 0) is 9.47 Å². The summed E-state index contributed by atoms with van der Waals surface area (Å²) in [7, 11) is 6.55. The average molecular weight is 471 g/mol. The topological polar surface area (TPSA) is 18.5 Å². The SMILES string of the molecule is C[N+](C)(C)C[C@@H]1COC[C@H](c2ccc(Sc3ccccc3)cc2)O1.[I-]. The summed E-state index contributed by atoms with van der Waals surface area (Å²) in [5, 5.41) is 0. The maximum Gasteiger partial charge on any atom is 0.130 e. The number of quaternary nitrogens is 1. The van der Waals surface area contributed by atoms with Gasteiger partial charge in [-0.1, -0.05) is 42.1 Å². The van der Waals surface area contributed by atoms with Crippen LogP contribution in [0.3, 0.4) is 0 Å². The van der Waals surface area contributed by atoms with Gasteiger partial charge in [0.1, 0.15) is 18.8 Å². The summed E-state index contributed by atoms with van der Waals surface area (Å²) in [5.41, 5.74) is 1.19. The fourth-order valence-corrected chi connectivity index (χ4v) is 3.71. The van der Waals surface area contributed by atoms with Crippen LogP contribution in [-0.4, -0.2) is 51.5 Å². The number of benzene rings is 2. The van der Waals surface area contributed by atoms with Crippen LogP contribution in [0.2, 0.25) is 0 Å². The number of hydrogen-bond acceptors (Lipinski definition) is 3. The number of hydrogen-bond donors (Lipinski definition) is 0. The molecule has 0 N–H and O–H groups in total. The minimum Gasteiger partial charge on any atom is -1.00 e. The second-order valence-corrected chi connectivity index (χ2v) is 8.39. The molecule has 3 nitrogen and oxygen atoms in total. The van der Waals surface area contributed by atoms with Crippen LogP contribution in [0.5, 0.6) is 0 Å². The zero-order valence-corrected chi connectivity index (χ0v) is 18.0. The number of nitrogens with zero attached hydrogens (tertiary/aromatic N) is 1. The van der Waals surface area contributed by atoms with E-state index in [0.717, 1.165) is 11.0 Å². The highest BCUT2D eigenvalue weighted by molar-refractivity contribution is 7.99. The van der Waals surface area contributed by atoms with E-state index >= 15 is 0 Å². The van der Waals surface area contributed by atoms with Gasteiger partial charge in [-0.05, 0) is 29.8 Å². The van der Waals surface area contributed by atoms with Crippen molar-refractivity contribution in [3.63, 3.8) is 0 Å². The zero-order chi connectivity index (χ0) is 17.0. The van der Waals surface area contributed by atoms with E-state index in [9.17, 15) is 0 Å².